The lowest BCUT2D eigenvalue weighted by atomic mass is 10.1. The van der Waals surface area contributed by atoms with Crippen LogP contribution in [0.2, 0.25) is 0 Å². The zero-order valence-electron chi connectivity index (χ0n) is 9.54. The highest BCUT2D eigenvalue weighted by Gasteiger charge is 2.25. The third-order valence-electron chi connectivity index (χ3n) is 3.27. The molecule has 15 heavy (non-hydrogen) atoms. The lowest BCUT2D eigenvalue weighted by Gasteiger charge is -2.37. The molecule has 86 valence electrons. The molecule has 0 aliphatic carbocycles. The molecule has 0 aromatic rings. The number of rotatable bonds is 0. The normalized spacial score (nSPS) is 27.9. The van der Waals surface area contributed by atoms with Gasteiger partial charge in [-0.2, -0.15) is 0 Å². The number of likely N-dealkylation sites (tertiary alicyclic amines) is 1. The zero-order chi connectivity index (χ0) is 10.7. The molecule has 0 aromatic carbocycles. The Labute approximate surface area is 91.6 Å². The number of hydrogen-bond donors (Lipinski definition) is 1. The summed E-state index contributed by atoms with van der Waals surface area (Å²) < 4.78 is 0. The number of carbonyl (C=O) groups excluding carboxylic acids is 1. The molecule has 4 heteroatoms. The van der Waals surface area contributed by atoms with E-state index >= 15 is 0 Å². The molecule has 0 saturated carbocycles. The molecular formula is C11H21N3O. The summed E-state index contributed by atoms with van der Waals surface area (Å²) in [6.07, 6.45) is 3.63. The number of amides is 2. The van der Waals surface area contributed by atoms with Gasteiger partial charge in [-0.05, 0) is 26.2 Å². The summed E-state index contributed by atoms with van der Waals surface area (Å²) in [6, 6.07) is 0.690. The Balaban J connectivity index is 1.88. The van der Waals surface area contributed by atoms with Crippen LogP contribution in [0.25, 0.3) is 0 Å². The highest BCUT2D eigenvalue weighted by atomic mass is 16.2. The van der Waals surface area contributed by atoms with Gasteiger partial charge in [-0.15, -0.1) is 0 Å². The van der Waals surface area contributed by atoms with Gasteiger partial charge < -0.3 is 15.1 Å². The molecule has 2 fully saturated rings. The minimum atomic E-state index is 0.253. The van der Waals surface area contributed by atoms with Gasteiger partial charge in [0.25, 0.3) is 0 Å². The summed E-state index contributed by atoms with van der Waals surface area (Å²) >= 11 is 0. The number of piperidine rings is 1. The van der Waals surface area contributed by atoms with Gasteiger partial charge in [0.1, 0.15) is 0 Å². The first-order valence-electron chi connectivity index (χ1n) is 6.04. The van der Waals surface area contributed by atoms with E-state index in [9.17, 15) is 4.79 Å². The number of piperazine rings is 1. The maximum Gasteiger partial charge on any atom is 0.320 e. The van der Waals surface area contributed by atoms with Gasteiger partial charge in [0, 0.05) is 38.8 Å². The van der Waals surface area contributed by atoms with Crippen molar-refractivity contribution in [2.45, 2.75) is 32.2 Å². The number of nitrogens with one attached hydrogen (secondary N) is 1. The Bertz CT molecular complexity index is 226. The second kappa shape index (κ2) is 4.84. The predicted octanol–water partition coefficient (Wildman–Crippen LogP) is 0.886. The van der Waals surface area contributed by atoms with Crippen LogP contribution < -0.4 is 5.32 Å². The van der Waals surface area contributed by atoms with Gasteiger partial charge in [-0.25, -0.2) is 4.79 Å². The summed E-state index contributed by atoms with van der Waals surface area (Å²) in [5, 5.41) is 3.36. The first kappa shape index (κ1) is 10.7. The average molecular weight is 211 g/mol. The molecule has 0 bridgehead atoms. The third kappa shape index (κ3) is 2.62. The van der Waals surface area contributed by atoms with Crippen molar-refractivity contribution in [1.82, 2.24) is 15.1 Å². The van der Waals surface area contributed by atoms with Gasteiger partial charge in [0.15, 0.2) is 0 Å². The van der Waals surface area contributed by atoms with Crippen molar-refractivity contribution in [2.75, 3.05) is 32.7 Å². The molecule has 1 unspecified atom stereocenters. The molecule has 2 saturated heterocycles. The number of carbonyl (C=O) groups is 1. The fraction of sp³-hybridized carbons (Fsp3) is 0.909. The maximum atomic E-state index is 12.1. The minimum absolute atomic E-state index is 0.253. The summed E-state index contributed by atoms with van der Waals surface area (Å²) in [4.78, 5) is 16.1. The molecule has 1 N–H and O–H groups in total. The van der Waals surface area contributed by atoms with Crippen LogP contribution in [0.4, 0.5) is 4.79 Å². The quantitative estimate of drug-likeness (QED) is 0.646. The van der Waals surface area contributed by atoms with Gasteiger partial charge >= 0.3 is 6.03 Å². The van der Waals surface area contributed by atoms with Crippen LogP contribution >= 0.6 is 0 Å². The Morgan fingerprint density at radius 2 is 1.87 bits per heavy atom. The second-order valence-electron chi connectivity index (χ2n) is 4.63. The van der Waals surface area contributed by atoms with Crippen molar-refractivity contribution in [2.24, 2.45) is 0 Å². The summed E-state index contributed by atoms with van der Waals surface area (Å²) in [5.41, 5.74) is 0. The van der Waals surface area contributed by atoms with E-state index in [0.717, 1.165) is 32.7 Å². The molecule has 0 aromatic heterocycles. The molecule has 0 spiro atoms. The van der Waals surface area contributed by atoms with Crippen molar-refractivity contribution < 1.29 is 4.79 Å². The van der Waals surface area contributed by atoms with Crippen LogP contribution in [0.3, 0.4) is 0 Å². The Morgan fingerprint density at radius 1 is 1.13 bits per heavy atom. The van der Waals surface area contributed by atoms with E-state index in [1.54, 1.807) is 0 Å². The minimum Gasteiger partial charge on any atom is -0.325 e. The smallest absolute Gasteiger partial charge is 0.320 e. The van der Waals surface area contributed by atoms with Crippen LogP contribution in [0.5, 0.6) is 0 Å². The van der Waals surface area contributed by atoms with Crippen LogP contribution in [0.15, 0.2) is 0 Å². The van der Waals surface area contributed by atoms with Gasteiger partial charge in [-0.3, -0.25) is 0 Å². The Kier molecular flexibility index (Phi) is 3.46. The summed E-state index contributed by atoms with van der Waals surface area (Å²) in [7, 11) is 0. The summed E-state index contributed by atoms with van der Waals surface area (Å²) in [6.45, 7) is 6.69. The molecule has 0 radical (unpaired) electrons. The average Bonchev–Trinajstić information content (AvgIpc) is 2.29. The number of nitrogens with zero attached hydrogens (tertiary/aromatic N) is 2. The maximum absolute atomic E-state index is 12.1. The molecule has 4 nitrogen and oxygen atoms in total. The molecule has 2 rings (SSSR count). The topological polar surface area (TPSA) is 35.6 Å². The molecule has 2 heterocycles. The van der Waals surface area contributed by atoms with E-state index < -0.39 is 0 Å². The predicted molar refractivity (Wildman–Crippen MR) is 59.9 cm³/mol. The van der Waals surface area contributed by atoms with Crippen LogP contribution in [0.1, 0.15) is 26.2 Å². The van der Waals surface area contributed by atoms with Crippen LogP contribution in [0, 0.1) is 0 Å². The van der Waals surface area contributed by atoms with E-state index in [0.29, 0.717) is 6.04 Å². The van der Waals surface area contributed by atoms with Gasteiger partial charge in [-0.1, -0.05) is 0 Å². The zero-order valence-corrected chi connectivity index (χ0v) is 9.54. The van der Waals surface area contributed by atoms with E-state index in [-0.39, 0.29) is 6.03 Å². The molecule has 1 atom stereocenters. The van der Waals surface area contributed by atoms with Crippen molar-refractivity contribution in [3.8, 4) is 0 Å². The highest BCUT2D eigenvalue weighted by molar-refractivity contribution is 5.74. The first-order valence-corrected chi connectivity index (χ1v) is 6.04. The molecule has 2 amide bonds. The summed E-state index contributed by atoms with van der Waals surface area (Å²) in [5.74, 6) is 0. The van der Waals surface area contributed by atoms with Crippen LogP contribution in [-0.4, -0.2) is 54.6 Å². The van der Waals surface area contributed by atoms with Gasteiger partial charge in [0.2, 0.25) is 0 Å². The van der Waals surface area contributed by atoms with E-state index in [4.69, 9.17) is 0 Å². The number of urea groups is 1. The lowest BCUT2D eigenvalue weighted by Crippen LogP contribution is -2.55. The third-order valence-corrected chi connectivity index (χ3v) is 3.27. The fourth-order valence-electron chi connectivity index (χ4n) is 2.39. The largest absolute Gasteiger partial charge is 0.325 e. The highest BCUT2D eigenvalue weighted by Crippen LogP contribution is 2.12. The molecule has 2 aliphatic rings. The molecular weight excluding hydrogens is 190 g/mol. The van der Waals surface area contributed by atoms with Crippen LogP contribution in [-0.2, 0) is 0 Å². The van der Waals surface area contributed by atoms with Crippen molar-refractivity contribution >= 4 is 6.03 Å². The van der Waals surface area contributed by atoms with E-state index in [1.807, 2.05) is 9.80 Å². The van der Waals surface area contributed by atoms with Crippen molar-refractivity contribution in [1.29, 1.82) is 0 Å². The van der Waals surface area contributed by atoms with E-state index in [1.165, 1.54) is 19.3 Å². The lowest BCUT2D eigenvalue weighted by molar-refractivity contribution is 0.130. The Morgan fingerprint density at radius 3 is 2.53 bits per heavy atom. The Hall–Kier alpha value is -0.770. The van der Waals surface area contributed by atoms with Crippen molar-refractivity contribution in [3.05, 3.63) is 0 Å². The van der Waals surface area contributed by atoms with Gasteiger partial charge in [0.05, 0.1) is 0 Å². The van der Waals surface area contributed by atoms with E-state index in [2.05, 4.69) is 12.2 Å². The fourth-order valence-corrected chi connectivity index (χ4v) is 2.39. The molecule has 2 aliphatic heterocycles. The standard InChI is InChI=1S/C11H21N3O/c1-10-9-14(8-5-12-10)11(15)13-6-3-2-4-7-13/h10,12H,2-9H2,1H3. The monoisotopic (exact) mass is 211 g/mol. The second-order valence-corrected chi connectivity index (χ2v) is 4.63. The number of hydrogen-bond acceptors (Lipinski definition) is 2. The first-order chi connectivity index (χ1) is 7.27. The van der Waals surface area contributed by atoms with Crippen molar-refractivity contribution in [3.63, 3.8) is 0 Å². The SMILES string of the molecule is CC1CN(C(=O)N2CCCCC2)CCN1.